The number of anilines is 1. The van der Waals surface area contributed by atoms with Crippen LogP contribution in [-0.4, -0.2) is 11.0 Å². The van der Waals surface area contributed by atoms with Gasteiger partial charge in [-0.25, -0.2) is 4.98 Å². The molecule has 1 aromatic carbocycles. The van der Waals surface area contributed by atoms with Crippen molar-refractivity contribution >= 4 is 26.7 Å². The van der Waals surface area contributed by atoms with Gasteiger partial charge in [-0.1, -0.05) is 37.2 Å². The lowest BCUT2D eigenvalue weighted by Crippen LogP contribution is -2.14. The number of hydrogen-bond donors (Lipinski definition) is 1. The van der Waals surface area contributed by atoms with E-state index in [-0.39, 0.29) is 0 Å². The summed E-state index contributed by atoms with van der Waals surface area (Å²) in [5, 5.41) is 4.54. The second-order valence-corrected chi connectivity index (χ2v) is 5.71. The molecular weight excluding hydrogens is 228 g/mol. The number of aryl methyl sites for hydroxylation is 1. The molecule has 17 heavy (non-hydrogen) atoms. The monoisotopic (exact) mass is 248 g/mol. The van der Waals surface area contributed by atoms with Crippen molar-refractivity contribution in [2.24, 2.45) is 0 Å². The molecule has 0 amide bonds. The van der Waals surface area contributed by atoms with Gasteiger partial charge in [-0.3, -0.25) is 0 Å². The summed E-state index contributed by atoms with van der Waals surface area (Å²) in [4.78, 5) is 4.61. The van der Waals surface area contributed by atoms with Crippen molar-refractivity contribution in [2.75, 3.05) is 5.32 Å². The fourth-order valence-electron chi connectivity index (χ4n) is 1.89. The Balaban J connectivity index is 2.08. The lowest BCUT2D eigenvalue weighted by molar-refractivity contribution is 0.645. The molecule has 0 aliphatic rings. The third-order valence-electron chi connectivity index (χ3n) is 2.90. The molecule has 0 spiro atoms. The minimum absolute atomic E-state index is 0.511. The van der Waals surface area contributed by atoms with Crippen LogP contribution in [0.5, 0.6) is 0 Å². The van der Waals surface area contributed by atoms with Crippen molar-refractivity contribution in [2.45, 2.75) is 46.1 Å². The van der Waals surface area contributed by atoms with Gasteiger partial charge in [0.25, 0.3) is 0 Å². The highest BCUT2D eigenvalue weighted by molar-refractivity contribution is 7.22. The highest BCUT2D eigenvalue weighted by atomic mass is 32.1. The van der Waals surface area contributed by atoms with Gasteiger partial charge in [0.1, 0.15) is 0 Å². The van der Waals surface area contributed by atoms with Gasteiger partial charge in [0.2, 0.25) is 0 Å². The molecule has 0 saturated heterocycles. The standard InChI is InChI=1S/C14H20N2S/c1-4-5-6-11(3)15-14-16-12-8-7-10(2)9-13(12)17-14/h7-9,11H,4-6H2,1-3H3,(H,15,16). The molecular formula is C14H20N2S. The van der Waals surface area contributed by atoms with Crippen molar-refractivity contribution in [1.82, 2.24) is 4.98 Å². The molecule has 0 saturated carbocycles. The Bertz CT molecular complexity index is 490. The number of thiazole rings is 1. The maximum Gasteiger partial charge on any atom is 0.183 e. The average Bonchev–Trinajstić information content (AvgIpc) is 2.67. The van der Waals surface area contributed by atoms with Crippen LogP contribution in [0, 0.1) is 6.92 Å². The second kappa shape index (κ2) is 5.50. The fourth-order valence-corrected chi connectivity index (χ4v) is 2.96. The quantitative estimate of drug-likeness (QED) is 0.836. The molecule has 2 nitrogen and oxygen atoms in total. The third-order valence-corrected chi connectivity index (χ3v) is 3.85. The topological polar surface area (TPSA) is 24.9 Å². The Morgan fingerprint density at radius 3 is 3.00 bits per heavy atom. The van der Waals surface area contributed by atoms with E-state index in [1.807, 2.05) is 0 Å². The molecule has 0 fully saturated rings. The number of nitrogens with zero attached hydrogens (tertiary/aromatic N) is 1. The maximum atomic E-state index is 4.61. The first-order chi connectivity index (χ1) is 8.19. The first kappa shape index (κ1) is 12.4. The summed E-state index contributed by atoms with van der Waals surface area (Å²) in [6, 6.07) is 6.93. The molecule has 0 aliphatic heterocycles. The van der Waals surface area contributed by atoms with Crippen molar-refractivity contribution in [3.8, 4) is 0 Å². The molecule has 2 aromatic rings. The molecule has 2 rings (SSSR count). The lowest BCUT2D eigenvalue weighted by atomic mass is 10.1. The number of hydrogen-bond acceptors (Lipinski definition) is 3. The summed E-state index contributed by atoms with van der Waals surface area (Å²) in [5.41, 5.74) is 2.40. The average molecular weight is 248 g/mol. The normalized spacial score (nSPS) is 12.9. The number of unbranched alkanes of at least 4 members (excludes halogenated alkanes) is 1. The Morgan fingerprint density at radius 1 is 1.41 bits per heavy atom. The molecule has 0 aliphatic carbocycles. The number of benzene rings is 1. The van der Waals surface area contributed by atoms with Crippen LogP contribution in [0.2, 0.25) is 0 Å². The molecule has 92 valence electrons. The van der Waals surface area contributed by atoms with Gasteiger partial charge in [-0.2, -0.15) is 0 Å². The van der Waals surface area contributed by atoms with Crippen LogP contribution >= 0.6 is 11.3 Å². The Hall–Kier alpha value is -1.09. The summed E-state index contributed by atoms with van der Waals surface area (Å²) in [6.45, 7) is 6.58. The third kappa shape index (κ3) is 3.19. The van der Waals surface area contributed by atoms with E-state index in [1.54, 1.807) is 11.3 Å². The fraction of sp³-hybridized carbons (Fsp3) is 0.500. The van der Waals surface area contributed by atoms with Crippen LogP contribution in [0.3, 0.4) is 0 Å². The number of aromatic nitrogens is 1. The van der Waals surface area contributed by atoms with Crippen LogP contribution in [0.4, 0.5) is 5.13 Å². The van der Waals surface area contributed by atoms with Crippen LogP contribution in [-0.2, 0) is 0 Å². The van der Waals surface area contributed by atoms with Crippen LogP contribution in [0.15, 0.2) is 18.2 Å². The zero-order valence-electron chi connectivity index (χ0n) is 10.8. The lowest BCUT2D eigenvalue weighted by Gasteiger charge is -2.11. The van der Waals surface area contributed by atoms with E-state index in [0.29, 0.717) is 6.04 Å². The Morgan fingerprint density at radius 2 is 2.24 bits per heavy atom. The molecule has 1 atom stereocenters. The van der Waals surface area contributed by atoms with E-state index < -0.39 is 0 Å². The smallest absolute Gasteiger partial charge is 0.183 e. The molecule has 1 unspecified atom stereocenters. The van der Waals surface area contributed by atoms with E-state index in [0.717, 1.165) is 10.6 Å². The van der Waals surface area contributed by atoms with Crippen molar-refractivity contribution < 1.29 is 0 Å². The summed E-state index contributed by atoms with van der Waals surface area (Å²) in [6.07, 6.45) is 3.74. The van der Waals surface area contributed by atoms with Gasteiger partial charge in [0, 0.05) is 6.04 Å². The minimum atomic E-state index is 0.511. The minimum Gasteiger partial charge on any atom is -0.359 e. The first-order valence-electron chi connectivity index (χ1n) is 6.32. The zero-order chi connectivity index (χ0) is 12.3. The number of fused-ring (bicyclic) bond motifs is 1. The van der Waals surface area contributed by atoms with E-state index in [9.17, 15) is 0 Å². The van der Waals surface area contributed by atoms with Crippen molar-refractivity contribution in [1.29, 1.82) is 0 Å². The molecule has 1 N–H and O–H groups in total. The van der Waals surface area contributed by atoms with Gasteiger partial charge in [-0.15, -0.1) is 0 Å². The Labute approximate surface area is 107 Å². The molecule has 1 aromatic heterocycles. The molecule has 0 radical (unpaired) electrons. The van der Waals surface area contributed by atoms with Crippen molar-refractivity contribution in [3.63, 3.8) is 0 Å². The number of nitrogens with one attached hydrogen (secondary N) is 1. The molecule has 3 heteroatoms. The van der Waals surface area contributed by atoms with Gasteiger partial charge < -0.3 is 5.32 Å². The molecule has 1 heterocycles. The maximum absolute atomic E-state index is 4.61. The highest BCUT2D eigenvalue weighted by Gasteiger charge is 2.06. The predicted octanol–water partition coefficient (Wildman–Crippen LogP) is 4.60. The SMILES string of the molecule is CCCCC(C)Nc1nc2ccc(C)cc2s1. The first-order valence-corrected chi connectivity index (χ1v) is 7.14. The summed E-state index contributed by atoms with van der Waals surface area (Å²) < 4.78 is 1.27. The second-order valence-electron chi connectivity index (χ2n) is 4.68. The van der Waals surface area contributed by atoms with Gasteiger partial charge in [0.15, 0.2) is 5.13 Å². The summed E-state index contributed by atoms with van der Waals surface area (Å²) in [7, 11) is 0. The van der Waals surface area contributed by atoms with Crippen LogP contribution < -0.4 is 5.32 Å². The van der Waals surface area contributed by atoms with Gasteiger partial charge >= 0.3 is 0 Å². The summed E-state index contributed by atoms with van der Waals surface area (Å²) >= 11 is 1.75. The number of rotatable bonds is 5. The van der Waals surface area contributed by atoms with Gasteiger partial charge in [0.05, 0.1) is 10.2 Å². The zero-order valence-corrected chi connectivity index (χ0v) is 11.6. The Kier molecular flexibility index (Phi) is 4.00. The van der Waals surface area contributed by atoms with E-state index in [2.05, 4.69) is 49.3 Å². The van der Waals surface area contributed by atoms with Crippen molar-refractivity contribution in [3.05, 3.63) is 23.8 Å². The van der Waals surface area contributed by atoms with E-state index in [1.165, 1.54) is 29.5 Å². The largest absolute Gasteiger partial charge is 0.359 e. The van der Waals surface area contributed by atoms with E-state index >= 15 is 0 Å². The van der Waals surface area contributed by atoms with Crippen LogP contribution in [0.25, 0.3) is 10.2 Å². The van der Waals surface area contributed by atoms with E-state index in [4.69, 9.17) is 0 Å². The van der Waals surface area contributed by atoms with Gasteiger partial charge in [-0.05, 0) is 38.0 Å². The van der Waals surface area contributed by atoms with Crippen LogP contribution in [0.1, 0.15) is 38.7 Å². The highest BCUT2D eigenvalue weighted by Crippen LogP contribution is 2.27. The summed E-state index contributed by atoms with van der Waals surface area (Å²) in [5.74, 6) is 0. The predicted molar refractivity (Wildman–Crippen MR) is 77.0 cm³/mol. The molecule has 0 bridgehead atoms.